The molecule has 142 valence electrons. The van der Waals surface area contributed by atoms with Crippen molar-refractivity contribution in [3.8, 4) is 11.5 Å². The molecule has 2 aromatic rings. The zero-order chi connectivity index (χ0) is 17.9. The summed E-state index contributed by atoms with van der Waals surface area (Å²) in [6, 6.07) is 11.8. The number of aliphatic imine (C=N–C) groups is 1. The fourth-order valence-corrected chi connectivity index (χ4v) is 2.24. The van der Waals surface area contributed by atoms with Crippen LogP contribution in [0.5, 0.6) is 11.5 Å². The molecule has 0 fully saturated rings. The number of nitrogens with one attached hydrogen (secondary N) is 2. The van der Waals surface area contributed by atoms with Crippen molar-refractivity contribution < 1.29 is 9.47 Å². The molecule has 6 nitrogen and oxygen atoms in total. The minimum absolute atomic E-state index is 0. The first-order chi connectivity index (χ1) is 12.3. The molecule has 1 aromatic heterocycles. The van der Waals surface area contributed by atoms with Crippen molar-refractivity contribution >= 4 is 29.9 Å². The molecule has 0 spiro atoms. The van der Waals surface area contributed by atoms with E-state index in [9.17, 15) is 0 Å². The molecule has 0 amide bonds. The Hall–Kier alpha value is -2.03. The first-order valence-electron chi connectivity index (χ1n) is 8.41. The number of pyridine rings is 1. The van der Waals surface area contributed by atoms with Gasteiger partial charge in [-0.3, -0.25) is 9.98 Å². The Morgan fingerprint density at radius 1 is 1.12 bits per heavy atom. The van der Waals surface area contributed by atoms with Crippen LogP contribution in [0.2, 0.25) is 0 Å². The molecule has 0 bridgehead atoms. The highest BCUT2D eigenvalue weighted by Gasteiger charge is 2.06. The second-order valence-electron chi connectivity index (χ2n) is 5.43. The third-order valence-corrected chi connectivity index (χ3v) is 3.54. The maximum atomic E-state index is 5.68. The summed E-state index contributed by atoms with van der Waals surface area (Å²) in [6.45, 7) is 4.01. The van der Waals surface area contributed by atoms with E-state index in [1.807, 2.05) is 36.4 Å². The van der Waals surface area contributed by atoms with E-state index >= 15 is 0 Å². The van der Waals surface area contributed by atoms with Gasteiger partial charge in [0.1, 0.15) is 0 Å². The quantitative estimate of drug-likeness (QED) is 0.352. The van der Waals surface area contributed by atoms with Gasteiger partial charge in [0.2, 0.25) is 0 Å². The highest BCUT2D eigenvalue weighted by Crippen LogP contribution is 2.28. The minimum atomic E-state index is 0. The summed E-state index contributed by atoms with van der Waals surface area (Å²) in [7, 11) is 3.40. The van der Waals surface area contributed by atoms with E-state index in [0.29, 0.717) is 19.7 Å². The van der Waals surface area contributed by atoms with E-state index in [0.717, 1.165) is 35.1 Å². The number of benzene rings is 1. The van der Waals surface area contributed by atoms with Gasteiger partial charge < -0.3 is 20.1 Å². The van der Waals surface area contributed by atoms with Crippen molar-refractivity contribution in [3.05, 3.63) is 53.9 Å². The van der Waals surface area contributed by atoms with Crippen LogP contribution in [0.15, 0.2) is 47.6 Å². The first kappa shape index (κ1) is 22.0. The third kappa shape index (κ3) is 7.07. The fraction of sp³-hybridized carbons (Fsp3) is 0.368. The highest BCUT2D eigenvalue weighted by molar-refractivity contribution is 14.0. The number of hydrogen-bond donors (Lipinski definition) is 2. The van der Waals surface area contributed by atoms with Crippen molar-refractivity contribution in [2.24, 2.45) is 4.99 Å². The summed E-state index contributed by atoms with van der Waals surface area (Å²) >= 11 is 0. The van der Waals surface area contributed by atoms with E-state index in [1.165, 1.54) is 0 Å². The van der Waals surface area contributed by atoms with Crippen LogP contribution in [0.25, 0.3) is 0 Å². The molecule has 0 unspecified atom stereocenters. The molecule has 0 saturated carbocycles. The molecule has 0 aliphatic rings. The van der Waals surface area contributed by atoms with E-state index in [2.05, 4.69) is 27.5 Å². The number of ether oxygens (including phenoxy) is 2. The molecule has 1 heterocycles. The lowest BCUT2D eigenvalue weighted by atomic mass is 10.2. The summed E-state index contributed by atoms with van der Waals surface area (Å²) in [6.07, 6.45) is 2.74. The summed E-state index contributed by atoms with van der Waals surface area (Å²) in [4.78, 5) is 8.51. The van der Waals surface area contributed by atoms with Crippen LogP contribution < -0.4 is 20.1 Å². The van der Waals surface area contributed by atoms with E-state index < -0.39 is 0 Å². The molecular formula is C19H27IN4O2. The molecule has 7 heteroatoms. The van der Waals surface area contributed by atoms with E-state index in [4.69, 9.17) is 9.47 Å². The van der Waals surface area contributed by atoms with Crippen molar-refractivity contribution in [3.63, 3.8) is 0 Å². The minimum Gasteiger partial charge on any atom is -0.493 e. The number of methoxy groups -OCH3 is 1. The SMILES string of the molecule is CCCOc1ccc(CNC(=NC)NCc2ccccn2)cc1OC.I. The van der Waals surface area contributed by atoms with Gasteiger partial charge in [0.25, 0.3) is 0 Å². The summed E-state index contributed by atoms with van der Waals surface area (Å²) in [5, 5.41) is 6.53. The molecule has 0 atom stereocenters. The van der Waals surface area contributed by atoms with Gasteiger partial charge in [-0.2, -0.15) is 0 Å². The Morgan fingerprint density at radius 3 is 2.58 bits per heavy atom. The van der Waals surface area contributed by atoms with Crippen molar-refractivity contribution in [1.82, 2.24) is 15.6 Å². The van der Waals surface area contributed by atoms with Crippen LogP contribution in [0, 0.1) is 0 Å². The smallest absolute Gasteiger partial charge is 0.191 e. The highest BCUT2D eigenvalue weighted by atomic mass is 127. The zero-order valence-corrected chi connectivity index (χ0v) is 17.8. The lowest BCUT2D eigenvalue weighted by Crippen LogP contribution is -2.36. The first-order valence-corrected chi connectivity index (χ1v) is 8.41. The Kier molecular flexibility index (Phi) is 10.5. The molecule has 0 aliphatic carbocycles. The molecule has 1 aromatic carbocycles. The molecule has 2 N–H and O–H groups in total. The maximum absolute atomic E-state index is 5.68. The number of aromatic nitrogens is 1. The number of guanidine groups is 1. The number of nitrogens with zero attached hydrogens (tertiary/aromatic N) is 2. The Morgan fingerprint density at radius 2 is 1.92 bits per heavy atom. The summed E-state index contributed by atoms with van der Waals surface area (Å²) in [5.74, 6) is 2.23. The van der Waals surface area contributed by atoms with E-state index in [-0.39, 0.29) is 24.0 Å². The topological polar surface area (TPSA) is 67.8 Å². The van der Waals surface area contributed by atoms with Crippen molar-refractivity contribution in [2.75, 3.05) is 20.8 Å². The molecule has 0 radical (unpaired) electrons. The standard InChI is InChI=1S/C19H26N4O2.HI/c1-4-11-25-17-9-8-15(12-18(17)24-3)13-22-19(20-2)23-14-16-7-5-6-10-21-16;/h5-10,12H,4,11,13-14H2,1-3H3,(H2,20,22,23);1H. The van der Waals surface area contributed by atoms with E-state index in [1.54, 1.807) is 20.4 Å². The molecule has 2 rings (SSSR count). The monoisotopic (exact) mass is 470 g/mol. The Labute approximate surface area is 172 Å². The van der Waals surface area contributed by atoms with Crippen LogP contribution >= 0.6 is 24.0 Å². The summed E-state index contributed by atoms with van der Waals surface area (Å²) in [5.41, 5.74) is 2.05. The lowest BCUT2D eigenvalue weighted by molar-refractivity contribution is 0.294. The van der Waals surface area contributed by atoms with Gasteiger partial charge >= 0.3 is 0 Å². The van der Waals surface area contributed by atoms with Crippen LogP contribution in [0.1, 0.15) is 24.6 Å². The van der Waals surface area contributed by atoms with Gasteiger partial charge in [-0.1, -0.05) is 19.1 Å². The van der Waals surface area contributed by atoms with Gasteiger partial charge in [-0.25, -0.2) is 0 Å². The second-order valence-corrected chi connectivity index (χ2v) is 5.43. The molecular weight excluding hydrogens is 443 g/mol. The lowest BCUT2D eigenvalue weighted by Gasteiger charge is -2.14. The molecule has 26 heavy (non-hydrogen) atoms. The largest absolute Gasteiger partial charge is 0.493 e. The second kappa shape index (κ2) is 12.3. The normalized spacial score (nSPS) is 10.7. The van der Waals surface area contributed by atoms with Crippen LogP contribution in [-0.2, 0) is 13.1 Å². The average molecular weight is 470 g/mol. The average Bonchev–Trinajstić information content (AvgIpc) is 2.67. The Bertz CT molecular complexity index is 680. The summed E-state index contributed by atoms with van der Waals surface area (Å²) < 4.78 is 11.1. The predicted octanol–water partition coefficient (Wildman–Crippen LogP) is 3.36. The molecule has 0 saturated heterocycles. The predicted molar refractivity (Wildman–Crippen MR) is 115 cm³/mol. The third-order valence-electron chi connectivity index (χ3n) is 3.54. The van der Waals surface area contributed by atoms with Gasteiger partial charge in [0, 0.05) is 19.8 Å². The van der Waals surface area contributed by atoms with Gasteiger partial charge in [0.15, 0.2) is 17.5 Å². The van der Waals surface area contributed by atoms with Crippen LogP contribution in [0.4, 0.5) is 0 Å². The fourth-order valence-electron chi connectivity index (χ4n) is 2.24. The maximum Gasteiger partial charge on any atom is 0.191 e. The number of hydrogen-bond acceptors (Lipinski definition) is 4. The molecule has 0 aliphatic heterocycles. The van der Waals surface area contributed by atoms with Gasteiger partial charge in [0.05, 0.1) is 26.0 Å². The van der Waals surface area contributed by atoms with Crippen LogP contribution in [-0.4, -0.2) is 31.7 Å². The zero-order valence-electron chi connectivity index (χ0n) is 15.5. The number of halogens is 1. The Balaban J connectivity index is 0.00000338. The van der Waals surface area contributed by atoms with Crippen molar-refractivity contribution in [2.45, 2.75) is 26.4 Å². The number of rotatable bonds is 8. The van der Waals surface area contributed by atoms with Crippen LogP contribution in [0.3, 0.4) is 0 Å². The van der Waals surface area contributed by atoms with Crippen molar-refractivity contribution in [1.29, 1.82) is 0 Å². The van der Waals surface area contributed by atoms with Gasteiger partial charge in [-0.15, -0.1) is 24.0 Å². The van der Waals surface area contributed by atoms with Gasteiger partial charge in [-0.05, 0) is 36.2 Å².